The Bertz CT molecular complexity index is 921. The number of nitrogens with zero attached hydrogens (tertiary/aromatic N) is 1. The van der Waals surface area contributed by atoms with Gasteiger partial charge >= 0.3 is 5.97 Å². The average molecular weight is 415 g/mol. The van der Waals surface area contributed by atoms with Crippen LogP contribution in [0.4, 0.5) is 5.69 Å². The smallest absolute Gasteiger partial charge is 0.335 e. The Morgan fingerprint density at radius 3 is 2.24 bits per heavy atom. The van der Waals surface area contributed by atoms with Gasteiger partial charge in [0.25, 0.3) is 5.91 Å². The monoisotopic (exact) mass is 414 g/mol. The summed E-state index contributed by atoms with van der Waals surface area (Å²) in [6, 6.07) is 10.9. The molecule has 0 aliphatic carbocycles. The molecule has 0 bridgehead atoms. The molecule has 2 aromatic carbocycles. The Kier molecular flexibility index (Phi) is 6.54. The fraction of sp³-hybridized carbons (Fsp3) is 0.318. The minimum Gasteiger partial charge on any atom is -0.478 e. The average Bonchev–Trinajstić information content (AvgIpc) is 2.73. The number of carbonyl (C=O) groups is 3. The fourth-order valence-electron chi connectivity index (χ4n) is 3.49. The van der Waals surface area contributed by atoms with Crippen molar-refractivity contribution in [3.63, 3.8) is 0 Å². The first-order chi connectivity index (χ1) is 13.9. The van der Waals surface area contributed by atoms with E-state index in [-0.39, 0.29) is 11.1 Å². The molecule has 1 aliphatic heterocycles. The Balaban J connectivity index is 1.76. The van der Waals surface area contributed by atoms with E-state index in [1.165, 1.54) is 30.7 Å². The number of aromatic carboxylic acids is 1. The molecular weight excluding hydrogens is 392 g/mol. The van der Waals surface area contributed by atoms with E-state index in [1.807, 2.05) is 12.1 Å². The number of carbonyl (C=O) groups excluding carboxylic acids is 2. The number of hydrogen-bond donors (Lipinski definition) is 2. The summed E-state index contributed by atoms with van der Waals surface area (Å²) in [5.41, 5.74) is 2.05. The van der Waals surface area contributed by atoms with Crippen LogP contribution < -0.4 is 10.2 Å². The van der Waals surface area contributed by atoms with Crippen LogP contribution in [0.15, 0.2) is 42.5 Å². The molecular formula is C22H23ClN2O4. The van der Waals surface area contributed by atoms with Crippen molar-refractivity contribution in [2.45, 2.75) is 32.1 Å². The number of carboxylic acid groups (broad SMARTS) is 1. The normalized spacial score (nSPS) is 14.9. The Morgan fingerprint density at radius 1 is 1.00 bits per heavy atom. The third kappa shape index (κ3) is 4.95. The Morgan fingerprint density at radius 2 is 1.62 bits per heavy atom. The van der Waals surface area contributed by atoms with Crippen LogP contribution in [0, 0.1) is 0 Å². The second-order valence-electron chi connectivity index (χ2n) is 7.17. The van der Waals surface area contributed by atoms with Gasteiger partial charge in [-0.3, -0.25) is 14.9 Å². The van der Waals surface area contributed by atoms with E-state index in [4.69, 9.17) is 16.7 Å². The van der Waals surface area contributed by atoms with Crippen LogP contribution in [-0.2, 0) is 4.79 Å². The predicted octanol–water partition coefficient (Wildman–Crippen LogP) is 4.09. The van der Waals surface area contributed by atoms with E-state index >= 15 is 0 Å². The molecule has 0 saturated carbocycles. The maximum atomic E-state index is 12.7. The molecule has 2 aromatic rings. The van der Waals surface area contributed by atoms with E-state index in [1.54, 1.807) is 13.0 Å². The molecule has 0 aromatic heterocycles. The molecule has 1 aliphatic rings. The lowest BCUT2D eigenvalue weighted by atomic mass is 9.96. The Labute approximate surface area is 174 Å². The van der Waals surface area contributed by atoms with Gasteiger partial charge < -0.3 is 10.0 Å². The molecule has 29 heavy (non-hydrogen) atoms. The van der Waals surface area contributed by atoms with Crippen LogP contribution in [0.1, 0.15) is 58.4 Å². The summed E-state index contributed by atoms with van der Waals surface area (Å²) < 4.78 is 0. The predicted molar refractivity (Wildman–Crippen MR) is 112 cm³/mol. The first-order valence-corrected chi connectivity index (χ1v) is 9.97. The summed E-state index contributed by atoms with van der Waals surface area (Å²) in [7, 11) is 0. The topological polar surface area (TPSA) is 86.7 Å². The minimum atomic E-state index is -1.07. The number of anilines is 1. The lowest BCUT2D eigenvalue weighted by Gasteiger charge is -2.32. The van der Waals surface area contributed by atoms with Gasteiger partial charge in [-0.1, -0.05) is 17.7 Å². The maximum Gasteiger partial charge on any atom is 0.335 e. The number of imide groups is 1. The summed E-state index contributed by atoms with van der Waals surface area (Å²) >= 11 is 6.20. The van der Waals surface area contributed by atoms with E-state index in [0.717, 1.165) is 37.2 Å². The first-order valence-electron chi connectivity index (χ1n) is 9.60. The molecule has 7 heteroatoms. The van der Waals surface area contributed by atoms with Gasteiger partial charge in [0.2, 0.25) is 5.91 Å². The molecule has 1 atom stereocenters. The number of benzene rings is 2. The molecule has 2 amide bonds. The molecule has 1 fully saturated rings. The highest BCUT2D eigenvalue weighted by Gasteiger charge is 2.24. The molecule has 1 saturated heterocycles. The molecule has 152 valence electrons. The number of carboxylic acids is 1. The number of piperidine rings is 1. The zero-order valence-corrected chi connectivity index (χ0v) is 16.9. The van der Waals surface area contributed by atoms with E-state index < -0.39 is 23.7 Å². The largest absolute Gasteiger partial charge is 0.478 e. The molecule has 2 N–H and O–H groups in total. The van der Waals surface area contributed by atoms with Crippen molar-refractivity contribution in [1.29, 1.82) is 0 Å². The standard InChI is InChI=1S/C22H23ClN2O4/c1-14(18-10-9-17(23)13-19(18)25-11-3-2-4-12-25)20(26)24-21(27)15-5-7-16(8-6-15)22(28)29/h5-10,13-14H,2-4,11-12H2,1H3,(H,28,29)(H,24,26,27). The quantitative estimate of drug-likeness (QED) is 0.769. The highest BCUT2D eigenvalue weighted by molar-refractivity contribution is 6.30. The zero-order valence-electron chi connectivity index (χ0n) is 16.2. The van der Waals surface area contributed by atoms with E-state index in [2.05, 4.69) is 10.2 Å². The number of amides is 2. The molecule has 0 radical (unpaired) electrons. The van der Waals surface area contributed by atoms with Gasteiger partial charge in [-0.2, -0.15) is 0 Å². The van der Waals surface area contributed by atoms with Gasteiger partial charge in [0.05, 0.1) is 11.5 Å². The number of nitrogens with one attached hydrogen (secondary N) is 1. The summed E-state index contributed by atoms with van der Waals surface area (Å²) in [4.78, 5) is 38.3. The van der Waals surface area contributed by atoms with Crippen molar-refractivity contribution >= 4 is 35.1 Å². The number of hydrogen-bond acceptors (Lipinski definition) is 4. The molecule has 1 unspecified atom stereocenters. The molecule has 0 spiro atoms. The fourth-order valence-corrected chi connectivity index (χ4v) is 3.66. The van der Waals surface area contributed by atoms with Crippen molar-refractivity contribution in [3.05, 3.63) is 64.2 Å². The molecule has 6 nitrogen and oxygen atoms in total. The van der Waals surface area contributed by atoms with Crippen molar-refractivity contribution in [2.75, 3.05) is 18.0 Å². The first kappa shape index (κ1) is 20.9. The van der Waals surface area contributed by atoms with Crippen molar-refractivity contribution in [1.82, 2.24) is 5.32 Å². The van der Waals surface area contributed by atoms with E-state index in [9.17, 15) is 14.4 Å². The summed E-state index contributed by atoms with van der Waals surface area (Å²) in [6.07, 6.45) is 3.38. The second-order valence-corrected chi connectivity index (χ2v) is 7.61. The SMILES string of the molecule is CC(C(=O)NC(=O)c1ccc(C(=O)O)cc1)c1ccc(Cl)cc1N1CCCCC1. The van der Waals surface area contributed by atoms with Gasteiger partial charge in [-0.25, -0.2) is 4.79 Å². The van der Waals surface area contributed by atoms with Crippen molar-refractivity contribution in [3.8, 4) is 0 Å². The number of rotatable bonds is 5. The van der Waals surface area contributed by atoms with Gasteiger partial charge in [-0.15, -0.1) is 0 Å². The van der Waals surface area contributed by atoms with Crippen LogP contribution in [0.3, 0.4) is 0 Å². The zero-order chi connectivity index (χ0) is 21.0. The van der Waals surface area contributed by atoms with Crippen molar-refractivity contribution < 1.29 is 19.5 Å². The van der Waals surface area contributed by atoms with Gasteiger partial charge in [0, 0.05) is 29.4 Å². The van der Waals surface area contributed by atoms with Crippen LogP contribution >= 0.6 is 11.6 Å². The van der Waals surface area contributed by atoms with Crippen LogP contribution in [0.2, 0.25) is 5.02 Å². The van der Waals surface area contributed by atoms with Crippen LogP contribution in [0.5, 0.6) is 0 Å². The van der Waals surface area contributed by atoms with Crippen molar-refractivity contribution in [2.24, 2.45) is 0 Å². The summed E-state index contributed by atoms with van der Waals surface area (Å²) in [5.74, 6) is -2.61. The van der Waals surface area contributed by atoms with Gasteiger partial charge in [0.1, 0.15) is 0 Å². The maximum absolute atomic E-state index is 12.7. The van der Waals surface area contributed by atoms with Crippen LogP contribution in [-0.4, -0.2) is 36.0 Å². The Hall–Kier alpha value is -2.86. The highest BCUT2D eigenvalue weighted by Crippen LogP contribution is 2.32. The summed E-state index contributed by atoms with van der Waals surface area (Å²) in [5, 5.41) is 12.0. The lowest BCUT2D eigenvalue weighted by Crippen LogP contribution is -2.35. The number of halogens is 1. The summed E-state index contributed by atoms with van der Waals surface area (Å²) in [6.45, 7) is 3.58. The van der Waals surface area contributed by atoms with E-state index in [0.29, 0.717) is 5.02 Å². The third-order valence-corrected chi connectivity index (χ3v) is 5.41. The highest BCUT2D eigenvalue weighted by atomic mass is 35.5. The second kappa shape index (κ2) is 9.09. The minimum absolute atomic E-state index is 0.0774. The third-order valence-electron chi connectivity index (χ3n) is 5.18. The van der Waals surface area contributed by atoms with Gasteiger partial charge in [0.15, 0.2) is 0 Å². The van der Waals surface area contributed by atoms with Crippen LogP contribution in [0.25, 0.3) is 0 Å². The molecule has 3 rings (SSSR count). The van der Waals surface area contributed by atoms with Gasteiger partial charge in [-0.05, 0) is 68.1 Å². The molecule has 1 heterocycles. The lowest BCUT2D eigenvalue weighted by molar-refractivity contribution is -0.121.